The zero-order chi connectivity index (χ0) is 67.5. The van der Waals surface area contributed by atoms with E-state index in [1.54, 1.807) is 76.4 Å². The summed E-state index contributed by atoms with van der Waals surface area (Å²) < 4.78 is 62.3. The number of ether oxygens (including phenoxy) is 3. The lowest BCUT2D eigenvalue weighted by Crippen LogP contribution is -2.54. The van der Waals surface area contributed by atoms with Gasteiger partial charge in [-0.15, -0.1) is 0 Å². The Hall–Kier alpha value is -8.70. The van der Waals surface area contributed by atoms with Crippen LogP contribution in [0, 0.1) is 23.6 Å². The molecule has 0 spiro atoms. The molecule has 506 valence electrons. The van der Waals surface area contributed by atoms with E-state index in [-0.39, 0.29) is 126 Å². The maximum Gasteiger partial charge on any atom is 0.410 e. The summed E-state index contributed by atoms with van der Waals surface area (Å²) >= 11 is 0. The maximum atomic E-state index is 15.3. The van der Waals surface area contributed by atoms with Gasteiger partial charge in [0.2, 0.25) is 27.7 Å². The quantitative estimate of drug-likeness (QED) is 0.0232. The van der Waals surface area contributed by atoms with Crippen molar-refractivity contribution in [2.24, 2.45) is 30.5 Å². The van der Waals surface area contributed by atoms with Crippen LogP contribution < -0.4 is 31.9 Å². The zero-order valence-corrected chi connectivity index (χ0v) is 54.3. The minimum Gasteiger partial charge on any atom is -0.457 e. The summed E-state index contributed by atoms with van der Waals surface area (Å²) in [6.07, 6.45) is 8.88. The van der Waals surface area contributed by atoms with Crippen molar-refractivity contribution in [3.8, 4) is 0 Å². The normalized spacial score (nSPS) is 21.2. The van der Waals surface area contributed by atoms with E-state index in [1.807, 2.05) is 18.7 Å². The van der Waals surface area contributed by atoms with E-state index in [9.17, 15) is 56.7 Å². The Balaban J connectivity index is 0.884. The number of rotatable bonds is 24. The van der Waals surface area contributed by atoms with E-state index >= 15 is 4.39 Å². The molecule has 2 saturated heterocycles. The van der Waals surface area contributed by atoms with Crippen molar-refractivity contribution in [2.45, 2.75) is 134 Å². The number of esters is 1. The lowest BCUT2D eigenvalue weighted by molar-refractivity contribution is -0.151. The molecule has 0 unspecified atom stereocenters. The second-order valence-corrected chi connectivity index (χ2v) is 26.2. The third-order valence-corrected chi connectivity index (χ3v) is 18.5. The van der Waals surface area contributed by atoms with Gasteiger partial charge < -0.3 is 61.0 Å². The molecule has 9 amide bonds. The lowest BCUT2D eigenvalue weighted by Gasteiger charge is -2.35. The van der Waals surface area contributed by atoms with Gasteiger partial charge in [-0.1, -0.05) is 58.4 Å². The number of imide groups is 1. The molecule has 7 N–H and O–H groups in total. The Bertz CT molecular complexity index is 3340. The van der Waals surface area contributed by atoms with E-state index in [0.29, 0.717) is 66.8 Å². The van der Waals surface area contributed by atoms with Crippen molar-refractivity contribution in [1.29, 1.82) is 0 Å². The monoisotopic (exact) mass is 1310 g/mol. The number of aliphatic hydroxyl groups is 1. The molecule has 7 atom stereocenters. The second kappa shape index (κ2) is 33.7. The second-order valence-electron chi connectivity index (χ2n) is 24.3. The Kier molecular flexibility index (Phi) is 26.0. The molecule has 2 aromatic carbocycles. The van der Waals surface area contributed by atoms with Crippen LogP contribution in [-0.2, 0) is 66.7 Å². The fourth-order valence-corrected chi connectivity index (χ4v) is 12.6. The summed E-state index contributed by atoms with van der Waals surface area (Å²) in [5, 5.41) is 25.7. The first kappa shape index (κ1) is 71.7. The van der Waals surface area contributed by atoms with Crippen molar-refractivity contribution >= 4 is 81.2 Å². The lowest BCUT2D eigenvalue weighted by atomic mass is 9.91. The van der Waals surface area contributed by atoms with E-state index < -0.39 is 88.2 Å². The minimum absolute atomic E-state index is 0.0923. The van der Waals surface area contributed by atoms with Crippen LogP contribution in [0.25, 0.3) is 6.08 Å². The summed E-state index contributed by atoms with van der Waals surface area (Å²) in [5.74, 6) is -4.57. The van der Waals surface area contributed by atoms with E-state index in [4.69, 9.17) is 19.9 Å². The third kappa shape index (κ3) is 21.2. The van der Waals surface area contributed by atoms with Gasteiger partial charge in [0.05, 0.1) is 18.7 Å². The largest absolute Gasteiger partial charge is 0.457 e. The highest BCUT2D eigenvalue weighted by Gasteiger charge is 2.34. The summed E-state index contributed by atoms with van der Waals surface area (Å²) in [5.41, 5.74) is 7.79. The number of piperazine rings is 2. The van der Waals surface area contributed by atoms with E-state index in [2.05, 4.69) is 26.4 Å². The van der Waals surface area contributed by atoms with Gasteiger partial charge in [-0.2, -0.15) is 9.40 Å². The molecule has 4 aliphatic heterocycles. The molecule has 4 aliphatic rings. The highest BCUT2D eigenvalue weighted by Crippen LogP contribution is 2.29. The number of carbonyl (C=O) groups is 9. The highest BCUT2D eigenvalue weighted by atomic mass is 32.2. The molecule has 27 nitrogen and oxygen atoms in total. The standard InChI is InChI=1S/C64H87FN12O15S/c1-41(2)58(71-54(79)12-8-7-9-24-77-55(80)21-22-56(77)81)61(84)70-52(11-10-23-67-62(66)85)60(83)69-48-17-15-45(16-18-48)40-90-63(86)74-25-27-75(28-26-74)64(87)91-53-20-14-43(4)59(92-57(82)37-50(78)19-13-42(53)3)44(5)33-46-34-47(65)36-49(35-46)73-29-31-76(32-30-73)93(88,89)51-38-68-72(6)39-51/h14-18,20-22,33-36,38-39,41-43,50,52-53,58-59,78H,7-13,19,23-32,37,40H2,1-6H3,(H,69,83)(H,70,84)(H,71,79)(H3,66,67,85)/b20-14-,44-33+/t42-,43-,50+,52-,53-,58-,59-/m0/s1. The molecule has 2 fully saturated rings. The van der Waals surface area contributed by atoms with Crippen molar-refractivity contribution in [3.63, 3.8) is 0 Å². The number of benzene rings is 2. The van der Waals surface area contributed by atoms with Gasteiger partial charge in [-0.05, 0) is 110 Å². The average Bonchev–Trinajstić information content (AvgIpc) is 1.84. The Labute approximate surface area is 541 Å². The number of primary amides is 1. The molecule has 7 rings (SSSR count). The number of anilines is 2. The van der Waals surface area contributed by atoms with Gasteiger partial charge >= 0.3 is 24.2 Å². The van der Waals surface area contributed by atoms with Gasteiger partial charge in [0.15, 0.2) is 0 Å². The summed E-state index contributed by atoms with van der Waals surface area (Å²) in [7, 11) is -2.12. The Morgan fingerprint density at radius 1 is 0.849 bits per heavy atom. The molecule has 29 heteroatoms. The number of aliphatic hydroxyl groups excluding tert-OH is 1. The number of nitrogens with zero attached hydrogens (tertiary/aromatic N) is 7. The number of carbonyl (C=O) groups excluding carboxylic acids is 9. The number of halogens is 1. The van der Waals surface area contributed by atoms with Crippen LogP contribution >= 0.6 is 0 Å². The molecule has 5 heterocycles. The van der Waals surface area contributed by atoms with Gasteiger partial charge in [-0.3, -0.25) is 38.3 Å². The zero-order valence-electron chi connectivity index (χ0n) is 53.5. The van der Waals surface area contributed by atoms with Crippen molar-refractivity contribution in [2.75, 3.05) is 75.7 Å². The van der Waals surface area contributed by atoms with Crippen LogP contribution in [0.1, 0.15) is 104 Å². The highest BCUT2D eigenvalue weighted by molar-refractivity contribution is 7.89. The number of urea groups is 1. The summed E-state index contributed by atoms with van der Waals surface area (Å²) in [6.45, 7) is 10.7. The molecule has 1 aromatic heterocycles. The number of unbranched alkanes of at least 4 members (excludes halogenated alkanes) is 2. The first-order valence-corrected chi connectivity index (χ1v) is 32.9. The topological polar surface area (TPSA) is 344 Å². The fourth-order valence-electron chi connectivity index (χ4n) is 11.1. The predicted octanol–water partition coefficient (Wildman–Crippen LogP) is 4.72. The van der Waals surface area contributed by atoms with Gasteiger partial charge in [0.25, 0.3) is 11.8 Å². The molecule has 3 aromatic rings. The van der Waals surface area contributed by atoms with Crippen molar-refractivity contribution in [1.82, 2.24) is 44.7 Å². The van der Waals surface area contributed by atoms with Crippen molar-refractivity contribution < 1.29 is 75.3 Å². The van der Waals surface area contributed by atoms with Crippen LogP contribution in [0.3, 0.4) is 0 Å². The molecule has 0 bridgehead atoms. The van der Waals surface area contributed by atoms with Gasteiger partial charge in [0, 0.05) is 115 Å². The number of amides is 9. The van der Waals surface area contributed by atoms with E-state index in [0.717, 1.165) is 4.90 Å². The van der Waals surface area contributed by atoms with Gasteiger partial charge in [-0.25, -0.2) is 27.2 Å². The van der Waals surface area contributed by atoms with E-state index in [1.165, 1.54) is 55.5 Å². The number of nitrogens with one attached hydrogen (secondary N) is 4. The van der Waals surface area contributed by atoms with Crippen LogP contribution in [0.4, 0.5) is 30.1 Å². The van der Waals surface area contributed by atoms with Crippen LogP contribution in [-0.4, -0.2) is 192 Å². The number of aromatic nitrogens is 2. The molecule has 0 radical (unpaired) electrons. The predicted molar refractivity (Wildman–Crippen MR) is 340 cm³/mol. The molecule has 0 saturated carbocycles. The Morgan fingerprint density at radius 3 is 2.17 bits per heavy atom. The summed E-state index contributed by atoms with van der Waals surface area (Å²) in [6, 6.07) is 8.18. The third-order valence-electron chi connectivity index (χ3n) is 16.6. The van der Waals surface area contributed by atoms with Crippen LogP contribution in [0.5, 0.6) is 0 Å². The molecule has 0 aliphatic carbocycles. The van der Waals surface area contributed by atoms with Crippen molar-refractivity contribution in [3.05, 3.63) is 102 Å². The first-order valence-electron chi connectivity index (χ1n) is 31.5. The average molecular weight is 1320 g/mol. The fraction of sp³-hybridized carbons (Fsp3) is 0.531. The number of sulfonamides is 1. The first-order chi connectivity index (χ1) is 44.2. The number of aryl methyl sites for hydroxylation is 1. The smallest absolute Gasteiger partial charge is 0.410 e. The molecular formula is C64H87FN12O15S. The van der Waals surface area contributed by atoms with Crippen LogP contribution in [0.15, 0.2) is 89.6 Å². The van der Waals surface area contributed by atoms with Crippen LogP contribution in [0.2, 0.25) is 0 Å². The molecular weight excluding hydrogens is 1230 g/mol. The summed E-state index contributed by atoms with van der Waals surface area (Å²) in [4.78, 5) is 122. The number of nitrogens with two attached hydrogens (primary N) is 1. The minimum atomic E-state index is -3.76. The number of cyclic esters (lactones) is 1. The number of hydrogen-bond donors (Lipinski definition) is 6. The number of hydrogen-bond acceptors (Lipinski definition) is 17. The Morgan fingerprint density at radius 2 is 1.53 bits per heavy atom. The SMILES string of the molecule is C/C(=C\c1cc(F)cc(N2CCN(S(=O)(=O)c3cnn(C)c3)CC2)c1)[C@H]1OC(=O)C[C@H](O)CC[C@H](C)[C@@H](OC(=O)N2CCN(C(=O)OCc3ccc(NC(=O)[C@H](CCCNC(N)=O)NC(=O)[C@@H](NC(=O)CCCCCN4C(=O)C=CC4=O)C(C)C)cc3)CC2)/C=C\[C@@H]1C. The molecule has 93 heavy (non-hydrogen) atoms. The van der Waals surface area contributed by atoms with Gasteiger partial charge in [0.1, 0.15) is 41.6 Å². The maximum absolute atomic E-state index is 15.3.